The predicted octanol–water partition coefficient (Wildman–Crippen LogP) is -2.70. The van der Waals surface area contributed by atoms with Crippen molar-refractivity contribution in [2.24, 2.45) is 0 Å². The Morgan fingerprint density at radius 1 is 1.14 bits per heavy atom. The first kappa shape index (κ1) is 15.7. The molecule has 0 rings (SSSR count). The van der Waals surface area contributed by atoms with E-state index in [2.05, 4.69) is 0 Å². The van der Waals surface area contributed by atoms with E-state index in [1.54, 1.807) is 20.8 Å². The number of halogens is 1. The average molecular weight is 116 g/mol. The number of hydrogen-bond acceptors (Lipinski definition) is 1. The molecule has 0 spiro atoms. The van der Waals surface area contributed by atoms with Gasteiger partial charge < -0.3 is 5.11 Å². The monoisotopic (exact) mass is 116 g/mol. The van der Waals surface area contributed by atoms with E-state index in [-0.39, 0.29) is 34.3 Å². The van der Waals surface area contributed by atoms with Crippen LogP contribution in [0.4, 0.5) is 4.70 Å². The molecular weight excluding hydrogens is 106 g/mol. The van der Waals surface area contributed by atoms with E-state index in [0.29, 0.717) is 0 Å². The second-order valence-electron chi connectivity index (χ2n) is 2.11. The van der Waals surface area contributed by atoms with Crippen molar-refractivity contribution in [1.29, 1.82) is 0 Å². The first-order chi connectivity index (χ1) is 2.00. The van der Waals surface area contributed by atoms with E-state index in [4.69, 9.17) is 0 Å². The first-order valence-electron chi connectivity index (χ1n) is 1.70. The van der Waals surface area contributed by atoms with Crippen molar-refractivity contribution in [3.05, 3.63) is 0 Å². The molecule has 0 aromatic heterocycles. The Hall–Kier alpha value is 0.890. The van der Waals surface area contributed by atoms with Gasteiger partial charge in [0.25, 0.3) is 0 Å². The predicted molar refractivity (Wildman–Crippen MR) is 22.3 cm³/mol. The summed E-state index contributed by atoms with van der Waals surface area (Å²) in [7, 11) is 0. The summed E-state index contributed by atoms with van der Waals surface area (Å²) in [5.74, 6) is 0. The largest absolute Gasteiger partial charge is 1.00 e. The molecule has 0 aliphatic heterocycles. The van der Waals surface area contributed by atoms with E-state index in [1.165, 1.54) is 0 Å². The van der Waals surface area contributed by atoms with E-state index in [1.807, 2.05) is 0 Å². The van der Waals surface area contributed by atoms with Gasteiger partial charge >= 0.3 is 29.6 Å². The van der Waals surface area contributed by atoms with E-state index in [0.717, 1.165) is 0 Å². The van der Waals surface area contributed by atoms with Crippen molar-refractivity contribution in [2.45, 2.75) is 26.4 Å². The smallest absolute Gasteiger partial charge is 0.850 e. The summed E-state index contributed by atoms with van der Waals surface area (Å²) < 4.78 is 0. The molecule has 0 radical (unpaired) electrons. The molecule has 0 bridgehead atoms. The molecular formula is C4H10FNaO. The molecule has 0 aliphatic rings. The van der Waals surface area contributed by atoms with Crippen LogP contribution in [-0.2, 0) is 0 Å². The van der Waals surface area contributed by atoms with Crippen LogP contribution in [0.25, 0.3) is 0 Å². The Labute approximate surface area is 65.8 Å². The van der Waals surface area contributed by atoms with Crippen LogP contribution in [0.2, 0.25) is 0 Å². The molecule has 0 atom stereocenters. The van der Waals surface area contributed by atoms with Crippen LogP contribution in [0.5, 0.6) is 0 Å². The Kier molecular flexibility index (Phi) is 11.3. The Bertz CT molecular complexity index is 27.2. The van der Waals surface area contributed by atoms with Crippen LogP contribution >= 0.6 is 0 Å². The Morgan fingerprint density at radius 2 is 1.14 bits per heavy atom. The Balaban J connectivity index is -0.0000000800. The molecule has 0 aromatic carbocycles. The molecule has 0 N–H and O–H groups in total. The third-order valence-electron chi connectivity index (χ3n) is 0. The van der Waals surface area contributed by atoms with Crippen molar-refractivity contribution >= 4 is 0 Å². The number of hydrogen-bond donors (Lipinski definition) is 0. The normalized spacial score (nSPS) is 8.57. The molecule has 3 heteroatoms. The van der Waals surface area contributed by atoms with Gasteiger partial charge in [-0.15, -0.1) is 5.60 Å². The summed E-state index contributed by atoms with van der Waals surface area (Å²) >= 11 is 0. The van der Waals surface area contributed by atoms with Crippen LogP contribution in [0.15, 0.2) is 0 Å². The van der Waals surface area contributed by atoms with Crippen LogP contribution in [0.1, 0.15) is 20.8 Å². The zero-order valence-corrected chi connectivity index (χ0v) is 7.32. The summed E-state index contributed by atoms with van der Waals surface area (Å²) in [4.78, 5) is 0. The van der Waals surface area contributed by atoms with Gasteiger partial charge in [0.2, 0.25) is 0 Å². The molecule has 0 saturated heterocycles. The van der Waals surface area contributed by atoms with Gasteiger partial charge in [0, 0.05) is 0 Å². The molecule has 0 heterocycles. The van der Waals surface area contributed by atoms with E-state index < -0.39 is 5.60 Å². The maximum Gasteiger partial charge on any atom is 1.00 e. The summed E-state index contributed by atoms with van der Waals surface area (Å²) in [5.41, 5.74) is -0.750. The maximum absolute atomic E-state index is 10.1. The molecule has 7 heavy (non-hydrogen) atoms. The molecule has 0 aromatic rings. The van der Waals surface area contributed by atoms with Crippen molar-refractivity contribution in [3.8, 4) is 0 Å². The molecule has 1 nitrogen and oxygen atoms in total. The summed E-state index contributed by atoms with van der Waals surface area (Å²) in [6.07, 6.45) is 0. The zero-order valence-electron chi connectivity index (χ0n) is 5.32. The minimum absolute atomic E-state index is 0. The zero-order chi connectivity index (χ0) is 4.50. The third-order valence-corrected chi connectivity index (χ3v) is 0. The summed E-state index contributed by atoms with van der Waals surface area (Å²) in [6, 6.07) is 0. The molecule has 0 saturated carbocycles. The molecule has 0 amide bonds. The summed E-state index contributed by atoms with van der Waals surface area (Å²) in [5, 5.41) is 10.1. The minimum Gasteiger partial charge on any atom is -0.850 e. The van der Waals surface area contributed by atoms with Crippen LogP contribution in [0.3, 0.4) is 0 Å². The van der Waals surface area contributed by atoms with Gasteiger partial charge in [0.1, 0.15) is 0 Å². The van der Waals surface area contributed by atoms with Gasteiger partial charge in [-0.1, -0.05) is 20.8 Å². The first-order valence-corrected chi connectivity index (χ1v) is 1.70. The van der Waals surface area contributed by atoms with Crippen LogP contribution in [0, 0.1) is 0 Å². The van der Waals surface area contributed by atoms with E-state index in [9.17, 15) is 5.11 Å². The van der Waals surface area contributed by atoms with Crippen molar-refractivity contribution < 1.29 is 39.4 Å². The second-order valence-corrected chi connectivity index (χ2v) is 2.11. The fourth-order valence-electron chi connectivity index (χ4n) is 0. The van der Waals surface area contributed by atoms with Gasteiger partial charge in [-0.05, 0) is 0 Å². The Morgan fingerprint density at radius 3 is 1.14 bits per heavy atom. The van der Waals surface area contributed by atoms with Gasteiger partial charge in [-0.3, -0.25) is 4.70 Å². The van der Waals surface area contributed by atoms with Crippen molar-refractivity contribution in [1.82, 2.24) is 0 Å². The van der Waals surface area contributed by atoms with Gasteiger partial charge in [-0.2, -0.15) is 0 Å². The SMILES string of the molecule is CC(C)(C)[O-].F.[Na+]. The van der Waals surface area contributed by atoms with Crippen LogP contribution < -0.4 is 34.7 Å². The fraction of sp³-hybridized carbons (Fsp3) is 1.00. The molecule has 0 fully saturated rings. The third kappa shape index (κ3) is 208. The number of rotatable bonds is 0. The standard InChI is InChI=1S/C4H9O.FH.Na/c1-4(2,3)5;;/h1-3H3;1H;/q-1;;+1. The molecule has 0 unspecified atom stereocenters. The minimum atomic E-state index is -0.750. The van der Waals surface area contributed by atoms with Gasteiger partial charge in [0.15, 0.2) is 0 Å². The quantitative estimate of drug-likeness (QED) is 0.316. The molecule has 40 valence electrons. The average Bonchev–Trinajstić information content (AvgIpc) is 0.722. The fourth-order valence-corrected chi connectivity index (χ4v) is 0. The van der Waals surface area contributed by atoms with E-state index >= 15 is 0 Å². The summed E-state index contributed by atoms with van der Waals surface area (Å²) in [6.45, 7) is 4.90. The van der Waals surface area contributed by atoms with Crippen LogP contribution in [-0.4, -0.2) is 5.60 Å². The topological polar surface area (TPSA) is 23.1 Å². The maximum atomic E-state index is 10.1. The molecule has 0 aliphatic carbocycles. The van der Waals surface area contributed by atoms with Crippen molar-refractivity contribution in [3.63, 3.8) is 0 Å². The second kappa shape index (κ2) is 5.04. The van der Waals surface area contributed by atoms with Gasteiger partial charge in [-0.25, -0.2) is 0 Å². The van der Waals surface area contributed by atoms with Crippen molar-refractivity contribution in [2.75, 3.05) is 0 Å². The van der Waals surface area contributed by atoms with Gasteiger partial charge in [0.05, 0.1) is 0 Å².